The highest BCUT2D eigenvalue weighted by Gasteiger charge is 2.65. The van der Waals surface area contributed by atoms with Gasteiger partial charge in [0.25, 0.3) is 0 Å². The first-order valence-electron chi connectivity index (χ1n) is 11.5. The normalized spacial score (nSPS) is 18.1. The molecular formula is C30H21ClN2O2. The predicted molar refractivity (Wildman–Crippen MR) is 137 cm³/mol. The maximum Gasteiger partial charge on any atom is 0.199 e. The molecule has 1 aliphatic heterocycles. The van der Waals surface area contributed by atoms with Crippen LogP contribution < -0.4 is 0 Å². The number of hydrogen-bond donors (Lipinski definition) is 0. The minimum absolute atomic E-state index is 0.242. The number of benzene rings is 4. The van der Waals surface area contributed by atoms with Gasteiger partial charge >= 0.3 is 0 Å². The third kappa shape index (κ3) is 3.17. The third-order valence-electron chi connectivity index (χ3n) is 6.85. The van der Waals surface area contributed by atoms with E-state index >= 15 is 0 Å². The highest BCUT2D eigenvalue weighted by atomic mass is 35.5. The number of rotatable bonds is 4. The minimum atomic E-state index is -1.56. The summed E-state index contributed by atoms with van der Waals surface area (Å²) in [5, 5.41) is 0.478. The van der Waals surface area contributed by atoms with Gasteiger partial charge in [-0.2, -0.15) is 0 Å². The first-order chi connectivity index (χ1) is 17.1. The number of halogens is 1. The summed E-state index contributed by atoms with van der Waals surface area (Å²) in [6.45, 7) is 0.348. The quantitative estimate of drug-likeness (QED) is 0.331. The Morgan fingerprint density at radius 2 is 1.26 bits per heavy atom. The van der Waals surface area contributed by atoms with Crippen LogP contribution in [0.15, 0.2) is 114 Å². The molecule has 2 aliphatic rings. The second kappa shape index (κ2) is 8.33. The molecule has 0 fully saturated rings. The summed E-state index contributed by atoms with van der Waals surface area (Å²) in [6, 6.07) is 33.2. The van der Waals surface area contributed by atoms with Crippen molar-refractivity contribution < 1.29 is 9.59 Å². The SMILES string of the molecule is O=C1c2ccccc2C(=O)C12[C@@H](c1ccccc1Cl)N=C(c1ccccc1)N2Cc1ccccc1. The fraction of sp³-hybridized carbons (Fsp3) is 0.100. The van der Waals surface area contributed by atoms with E-state index in [1.807, 2.05) is 83.8 Å². The average molecular weight is 477 g/mol. The maximum absolute atomic E-state index is 14.3. The van der Waals surface area contributed by atoms with E-state index in [4.69, 9.17) is 16.6 Å². The first-order valence-corrected chi connectivity index (χ1v) is 11.9. The topological polar surface area (TPSA) is 49.7 Å². The van der Waals surface area contributed by atoms with E-state index in [1.54, 1.807) is 30.3 Å². The lowest BCUT2D eigenvalue weighted by Gasteiger charge is -2.38. The number of carbonyl (C=O) groups is 2. The Balaban J connectivity index is 1.64. The molecule has 0 amide bonds. The van der Waals surface area contributed by atoms with E-state index in [-0.39, 0.29) is 11.6 Å². The fourth-order valence-corrected chi connectivity index (χ4v) is 5.50. The van der Waals surface area contributed by atoms with E-state index in [9.17, 15) is 9.59 Å². The highest BCUT2D eigenvalue weighted by Crippen LogP contribution is 2.51. The summed E-state index contributed by atoms with van der Waals surface area (Å²) in [7, 11) is 0. The number of nitrogens with zero attached hydrogens (tertiary/aromatic N) is 2. The molecule has 4 nitrogen and oxygen atoms in total. The molecule has 0 saturated carbocycles. The van der Waals surface area contributed by atoms with E-state index in [2.05, 4.69) is 0 Å². The van der Waals surface area contributed by atoms with Crippen LogP contribution in [0.2, 0.25) is 5.02 Å². The van der Waals surface area contributed by atoms with Crippen molar-refractivity contribution in [3.8, 4) is 0 Å². The van der Waals surface area contributed by atoms with Crippen LogP contribution in [0.25, 0.3) is 0 Å². The molecule has 0 aromatic heterocycles. The van der Waals surface area contributed by atoms with E-state index < -0.39 is 11.6 Å². The maximum atomic E-state index is 14.3. The van der Waals surface area contributed by atoms with Crippen LogP contribution in [-0.4, -0.2) is 27.8 Å². The zero-order valence-corrected chi connectivity index (χ0v) is 19.5. The van der Waals surface area contributed by atoms with Gasteiger partial charge in [-0.15, -0.1) is 0 Å². The van der Waals surface area contributed by atoms with Gasteiger partial charge in [-0.05, 0) is 17.2 Å². The molecule has 170 valence electrons. The number of carbonyl (C=O) groups excluding carboxylic acids is 2. The Hall–Kier alpha value is -4.02. The molecule has 0 N–H and O–H groups in total. The van der Waals surface area contributed by atoms with E-state index in [0.29, 0.717) is 34.1 Å². The van der Waals surface area contributed by atoms with Crippen LogP contribution in [0.3, 0.4) is 0 Å². The standard InChI is InChI=1S/C30H21ClN2O2/c31-25-18-10-9-17-24(25)26-30(27(34)22-15-7-8-16-23(22)28(30)35)33(19-20-11-3-1-4-12-20)29(32-26)21-13-5-2-6-14-21/h1-18,26H,19H2/t26-/m1/s1. The van der Waals surface area contributed by atoms with Crippen LogP contribution in [0, 0.1) is 0 Å². The molecule has 1 spiro atoms. The van der Waals surface area contributed by atoms with Crippen molar-refractivity contribution >= 4 is 29.0 Å². The molecule has 1 heterocycles. The lowest BCUT2D eigenvalue weighted by Crippen LogP contribution is -2.58. The van der Waals surface area contributed by atoms with Gasteiger partial charge in [-0.1, -0.05) is 115 Å². The molecule has 0 radical (unpaired) electrons. The second-order valence-electron chi connectivity index (χ2n) is 8.78. The Morgan fingerprint density at radius 3 is 1.89 bits per heavy atom. The Morgan fingerprint density at radius 1 is 0.714 bits per heavy atom. The average Bonchev–Trinajstić information content (AvgIpc) is 3.35. The predicted octanol–water partition coefficient (Wildman–Crippen LogP) is 6.16. The third-order valence-corrected chi connectivity index (χ3v) is 7.20. The molecular weight excluding hydrogens is 456 g/mol. The molecule has 4 aromatic carbocycles. The zero-order chi connectivity index (χ0) is 24.0. The van der Waals surface area contributed by atoms with Crippen LogP contribution >= 0.6 is 11.6 Å². The van der Waals surface area contributed by atoms with Gasteiger partial charge in [0.05, 0.1) is 0 Å². The highest BCUT2D eigenvalue weighted by molar-refractivity contribution is 6.36. The van der Waals surface area contributed by atoms with Crippen molar-refractivity contribution in [2.75, 3.05) is 0 Å². The molecule has 1 aliphatic carbocycles. The second-order valence-corrected chi connectivity index (χ2v) is 9.19. The number of aliphatic imine (C=N–C) groups is 1. The number of fused-ring (bicyclic) bond motifs is 1. The van der Waals surface area contributed by atoms with Gasteiger partial charge in [0.15, 0.2) is 17.1 Å². The Labute approximate surface area is 208 Å². The molecule has 6 rings (SSSR count). The van der Waals surface area contributed by atoms with Crippen molar-refractivity contribution in [2.24, 2.45) is 4.99 Å². The van der Waals surface area contributed by atoms with Gasteiger partial charge in [0.1, 0.15) is 11.9 Å². The molecule has 5 heteroatoms. The van der Waals surface area contributed by atoms with Gasteiger partial charge in [-0.3, -0.25) is 14.6 Å². The van der Waals surface area contributed by atoms with Crippen molar-refractivity contribution in [1.82, 2.24) is 4.90 Å². The van der Waals surface area contributed by atoms with Crippen LogP contribution in [0.1, 0.15) is 43.4 Å². The van der Waals surface area contributed by atoms with Crippen molar-refractivity contribution in [1.29, 1.82) is 0 Å². The first kappa shape index (κ1) is 21.5. The summed E-state index contributed by atoms with van der Waals surface area (Å²) >= 11 is 6.66. The number of ketones is 2. The lowest BCUT2D eigenvalue weighted by molar-refractivity contribution is 0.0605. The number of hydrogen-bond acceptors (Lipinski definition) is 4. The molecule has 35 heavy (non-hydrogen) atoms. The van der Waals surface area contributed by atoms with Gasteiger partial charge < -0.3 is 4.90 Å². The minimum Gasteiger partial charge on any atom is -0.330 e. The lowest BCUT2D eigenvalue weighted by atomic mass is 9.80. The number of Topliss-reactive ketones (excluding diaryl/α,β-unsaturated/α-hetero) is 2. The molecule has 0 saturated heterocycles. The summed E-state index contributed by atoms with van der Waals surface area (Å²) < 4.78 is 0. The van der Waals surface area contributed by atoms with E-state index in [1.165, 1.54) is 0 Å². The summed E-state index contributed by atoms with van der Waals surface area (Å²) in [6.07, 6.45) is 0. The Bertz CT molecular complexity index is 1450. The van der Waals surface area contributed by atoms with Crippen LogP contribution in [-0.2, 0) is 6.54 Å². The molecule has 4 aromatic rings. The largest absolute Gasteiger partial charge is 0.330 e. The van der Waals surface area contributed by atoms with E-state index in [0.717, 1.165) is 11.1 Å². The fourth-order valence-electron chi connectivity index (χ4n) is 5.26. The van der Waals surface area contributed by atoms with Gasteiger partial charge in [0, 0.05) is 28.3 Å². The monoisotopic (exact) mass is 476 g/mol. The zero-order valence-electron chi connectivity index (χ0n) is 18.8. The van der Waals surface area contributed by atoms with Gasteiger partial charge in [-0.25, -0.2) is 0 Å². The van der Waals surface area contributed by atoms with Crippen molar-refractivity contribution in [3.63, 3.8) is 0 Å². The number of amidine groups is 1. The Kier molecular flexibility index (Phi) is 5.12. The summed E-state index contributed by atoms with van der Waals surface area (Å²) in [4.78, 5) is 35.7. The smallest absolute Gasteiger partial charge is 0.199 e. The van der Waals surface area contributed by atoms with Crippen molar-refractivity contribution in [2.45, 2.75) is 18.1 Å². The molecule has 0 unspecified atom stereocenters. The van der Waals surface area contributed by atoms with Crippen LogP contribution in [0.5, 0.6) is 0 Å². The summed E-state index contributed by atoms with van der Waals surface area (Å²) in [5.41, 5.74) is 1.78. The molecule has 1 atom stereocenters. The summed E-state index contributed by atoms with van der Waals surface area (Å²) in [5.74, 6) is 0.121. The molecule has 0 bridgehead atoms. The van der Waals surface area contributed by atoms with Gasteiger partial charge in [0.2, 0.25) is 0 Å². The van der Waals surface area contributed by atoms with Crippen molar-refractivity contribution in [3.05, 3.63) is 142 Å². The van der Waals surface area contributed by atoms with Crippen LogP contribution in [0.4, 0.5) is 0 Å².